The van der Waals surface area contributed by atoms with Crippen molar-refractivity contribution in [2.24, 2.45) is 0 Å². The molecule has 0 spiro atoms. The van der Waals surface area contributed by atoms with Crippen LogP contribution in [0.3, 0.4) is 0 Å². The number of aryl methyl sites for hydroxylation is 1. The molecule has 1 saturated carbocycles. The van der Waals surface area contributed by atoms with Crippen molar-refractivity contribution < 1.29 is 0 Å². The molecular weight excluding hydrogens is 282 g/mol. The van der Waals surface area contributed by atoms with Gasteiger partial charge in [-0.3, -0.25) is 0 Å². The molecule has 0 bridgehead atoms. The minimum atomic E-state index is 0.558. The predicted molar refractivity (Wildman–Crippen MR) is 83.1 cm³/mol. The molecule has 2 aliphatic carbocycles. The van der Waals surface area contributed by atoms with Crippen LogP contribution in [0.15, 0.2) is 6.07 Å². The summed E-state index contributed by atoms with van der Waals surface area (Å²) in [5.74, 6) is 0. The molecule has 1 aromatic heterocycles. The molecule has 3 atom stereocenters. The Balaban J connectivity index is 1.67. The van der Waals surface area contributed by atoms with Crippen molar-refractivity contribution in [2.45, 2.75) is 55.9 Å². The number of thioether (sulfide) groups is 1. The first-order valence-corrected chi connectivity index (χ1v) is 9.31. The van der Waals surface area contributed by atoms with Crippen molar-refractivity contribution in [1.29, 1.82) is 0 Å². The Morgan fingerprint density at radius 1 is 1.39 bits per heavy atom. The van der Waals surface area contributed by atoms with E-state index in [4.69, 9.17) is 11.6 Å². The van der Waals surface area contributed by atoms with Gasteiger partial charge in [0.2, 0.25) is 0 Å². The van der Waals surface area contributed by atoms with Crippen LogP contribution in [-0.4, -0.2) is 17.5 Å². The number of hydrogen-bond donors (Lipinski definition) is 1. The highest BCUT2D eigenvalue weighted by molar-refractivity contribution is 7.99. The number of halogens is 1. The zero-order valence-corrected chi connectivity index (χ0v) is 13.1. The third-order valence-electron chi connectivity index (χ3n) is 4.24. The number of hydrogen-bond acceptors (Lipinski definition) is 3. The third-order valence-corrected chi connectivity index (χ3v) is 6.67. The van der Waals surface area contributed by atoms with Crippen LogP contribution in [-0.2, 0) is 6.42 Å². The molecule has 100 valence electrons. The molecule has 3 rings (SSSR count). The van der Waals surface area contributed by atoms with Crippen LogP contribution in [0.5, 0.6) is 0 Å². The van der Waals surface area contributed by atoms with E-state index >= 15 is 0 Å². The predicted octanol–water partition coefficient (Wildman–Crippen LogP) is 4.65. The number of nitrogens with one attached hydrogen (secondary N) is 1. The van der Waals surface area contributed by atoms with Gasteiger partial charge in [-0.05, 0) is 56.4 Å². The summed E-state index contributed by atoms with van der Waals surface area (Å²) in [6.45, 7) is 0. The molecule has 0 aromatic carbocycles. The average Bonchev–Trinajstić information content (AvgIpc) is 2.95. The lowest BCUT2D eigenvalue weighted by molar-refractivity contribution is 0.400. The Bertz CT molecular complexity index is 418. The van der Waals surface area contributed by atoms with E-state index < -0.39 is 0 Å². The van der Waals surface area contributed by atoms with Gasteiger partial charge in [0.1, 0.15) is 0 Å². The van der Waals surface area contributed by atoms with Crippen molar-refractivity contribution >= 4 is 34.7 Å². The molecule has 1 fully saturated rings. The van der Waals surface area contributed by atoms with E-state index in [1.165, 1.54) is 49.0 Å². The van der Waals surface area contributed by atoms with Crippen molar-refractivity contribution in [3.8, 4) is 0 Å². The summed E-state index contributed by atoms with van der Waals surface area (Å²) in [5.41, 5.74) is 1.49. The van der Waals surface area contributed by atoms with E-state index in [2.05, 4.69) is 17.6 Å². The second kappa shape index (κ2) is 5.74. The van der Waals surface area contributed by atoms with E-state index in [0.717, 1.165) is 15.6 Å². The fourth-order valence-corrected chi connectivity index (χ4v) is 5.46. The molecule has 1 N–H and O–H groups in total. The molecule has 0 radical (unpaired) electrons. The van der Waals surface area contributed by atoms with Gasteiger partial charge in [0.15, 0.2) is 0 Å². The van der Waals surface area contributed by atoms with E-state index in [9.17, 15) is 0 Å². The Labute approximate surface area is 123 Å². The lowest BCUT2D eigenvalue weighted by Gasteiger charge is -2.27. The molecule has 0 amide bonds. The standard InChI is InChI=1S/C14H20ClNS2/c1-17-10-6-5-9(7-10)16-12-3-2-4-13-11(12)8-14(15)18-13/h8-10,12,16H,2-7H2,1H3. The molecule has 0 saturated heterocycles. The molecule has 1 nitrogen and oxygen atoms in total. The van der Waals surface area contributed by atoms with Crippen molar-refractivity contribution in [1.82, 2.24) is 5.32 Å². The van der Waals surface area contributed by atoms with Gasteiger partial charge < -0.3 is 5.32 Å². The fraction of sp³-hybridized carbons (Fsp3) is 0.714. The molecule has 2 aliphatic rings. The summed E-state index contributed by atoms with van der Waals surface area (Å²) in [6.07, 6.45) is 10.1. The number of rotatable bonds is 3. The maximum atomic E-state index is 6.17. The summed E-state index contributed by atoms with van der Waals surface area (Å²) in [5, 5.41) is 4.76. The molecule has 0 aliphatic heterocycles. The van der Waals surface area contributed by atoms with Gasteiger partial charge in [0.05, 0.1) is 4.34 Å². The third kappa shape index (κ3) is 2.74. The highest BCUT2D eigenvalue weighted by Gasteiger charge is 2.29. The quantitative estimate of drug-likeness (QED) is 0.872. The van der Waals surface area contributed by atoms with Gasteiger partial charge in [0, 0.05) is 22.2 Å². The lowest BCUT2D eigenvalue weighted by atomic mass is 9.93. The largest absolute Gasteiger partial charge is 0.307 e. The molecular formula is C14H20ClNS2. The zero-order valence-electron chi connectivity index (χ0n) is 10.7. The van der Waals surface area contributed by atoms with E-state index in [0.29, 0.717) is 6.04 Å². The van der Waals surface area contributed by atoms with Crippen LogP contribution in [0.25, 0.3) is 0 Å². The highest BCUT2D eigenvalue weighted by Crippen LogP contribution is 2.39. The van der Waals surface area contributed by atoms with Gasteiger partial charge in [-0.2, -0.15) is 11.8 Å². The van der Waals surface area contributed by atoms with Gasteiger partial charge in [-0.15, -0.1) is 11.3 Å². The van der Waals surface area contributed by atoms with E-state index in [-0.39, 0.29) is 0 Å². The Morgan fingerprint density at radius 2 is 2.28 bits per heavy atom. The van der Waals surface area contributed by atoms with Crippen LogP contribution in [0, 0.1) is 0 Å². The average molecular weight is 302 g/mol. The summed E-state index contributed by atoms with van der Waals surface area (Å²) in [4.78, 5) is 1.52. The lowest BCUT2D eigenvalue weighted by Crippen LogP contribution is -2.32. The van der Waals surface area contributed by atoms with E-state index in [1.807, 2.05) is 11.8 Å². The minimum Gasteiger partial charge on any atom is -0.307 e. The fourth-order valence-electron chi connectivity index (χ4n) is 3.28. The molecule has 18 heavy (non-hydrogen) atoms. The smallest absolute Gasteiger partial charge is 0.0934 e. The number of fused-ring (bicyclic) bond motifs is 1. The first-order valence-electron chi connectivity index (χ1n) is 6.83. The van der Waals surface area contributed by atoms with Crippen molar-refractivity contribution in [3.05, 3.63) is 20.8 Å². The van der Waals surface area contributed by atoms with Gasteiger partial charge in [-0.1, -0.05) is 11.6 Å². The maximum Gasteiger partial charge on any atom is 0.0934 e. The Morgan fingerprint density at radius 3 is 3.06 bits per heavy atom. The SMILES string of the molecule is CSC1CCC(NC2CCCc3sc(Cl)cc32)C1. The van der Waals surface area contributed by atoms with E-state index in [1.54, 1.807) is 11.3 Å². The Kier molecular flexibility index (Phi) is 4.24. The van der Waals surface area contributed by atoms with Crippen LogP contribution >= 0.6 is 34.7 Å². The summed E-state index contributed by atoms with van der Waals surface area (Å²) >= 11 is 9.97. The highest BCUT2D eigenvalue weighted by atomic mass is 35.5. The maximum absolute atomic E-state index is 6.17. The van der Waals surface area contributed by atoms with Crippen LogP contribution in [0.1, 0.15) is 48.6 Å². The van der Waals surface area contributed by atoms with Gasteiger partial charge in [-0.25, -0.2) is 0 Å². The van der Waals surface area contributed by atoms with Gasteiger partial charge in [0.25, 0.3) is 0 Å². The summed E-state index contributed by atoms with van der Waals surface area (Å²) in [7, 11) is 0. The topological polar surface area (TPSA) is 12.0 Å². The van der Waals surface area contributed by atoms with Crippen LogP contribution in [0.4, 0.5) is 0 Å². The monoisotopic (exact) mass is 301 g/mol. The minimum absolute atomic E-state index is 0.558. The van der Waals surface area contributed by atoms with Crippen molar-refractivity contribution in [2.75, 3.05) is 6.26 Å². The normalized spacial score (nSPS) is 31.6. The Hall–Kier alpha value is 0.300. The molecule has 3 unspecified atom stereocenters. The summed E-state index contributed by atoms with van der Waals surface area (Å²) < 4.78 is 0.960. The second-order valence-electron chi connectivity index (χ2n) is 5.41. The molecule has 1 heterocycles. The summed E-state index contributed by atoms with van der Waals surface area (Å²) in [6, 6.07) is 3.47. The van der Waals surface area contributed by atoms with Crippen LogP contribution < -0.4 is 5.32 Å². The van der Waals surface area contributed by atoms with Crippen LogP contribution in [0.2, 0.25) is 4.34 Å². The van der Waals surface area contributed by atoms with Crippen molar-refractivity contribution in [3.63, 3.8) is 0 Å². The molecule has 4 heteroatoms. The first-order chi connectivity index (χ1) is 8.76. The first kappa shape index (κ1) is 13.3. The zero-order chi connectivity index (χ0) is 12.5. The molecule has 1 aromatic rings. The second-order valence-corrected chi connectivity index (χ2v) is 8.31. The van der Waals surface area contributed by atoms with Gasteiger partial charge >= 0.3 is 0 Å². The number of thiophene rings is 1.